The van der Waals surface area contributed by atoms with E-state index in [1.165, 1.54) is 6.42 Å². The summed E-state index contributed by atoms with van der Waals surface area (Å²) in [4.78, 5) is 0. The largest absolute Gasteiger partial charge is 0.436 e. The van der Waals surface area contributed by atoms with Crippen molar-refractivity contribution < 1.29 is 8.54 Å². The maximum absolute atomic E-state index is 6.13. The first-order valence-electron chi connectivity index (χ1n) is 6.32. The van der Waals surface area contributed by atoms with E-state index in [9.17, 15) is 0 Å². The van der Waals surface area contributed by atoms with Crippen molar-refractivity contribution in [3.8, 4) is 0 Å². The molecular formula is C12H30O2Si2. The second kappa shape index (κ2) is 5.80. The lowest BCUT2D eigenvalue weighted by Crippen LogP contribution is -2.45. The van der Waals surface area contributed by atoms with Gasteiger partial charge in [-0.05, 0) is 44.6 Å². The number of rotatable bonds is 7. The Labute approximate surface area is 104 Å². The first kappa shape index (κ1) is 16.4. The van der Waals surface area contributed by atoms with Gasteiger partial charge in [0.1, 0.15) is 0 Å². The van der Waals surface area contributed by atoms with Crippen LogP contribution < -0.4 is 0 Å². The lowest BCUT2D eigenvalue weighted by molar-refractivity contribution is 0.189. The summed E-state index contributed by atoms with van der Waals surface area (Å²) in [6.07, 6.45) is 2.32. The van der Waals surface area contributed by atoms with Crippen molar-refractivity contribution in [2.75, 3.05) is 6.61 Å². The molecule has 0 aromatic heterocycles. The zero-order valence-corrected chi connectivity index (χ0v) is 14.4. The van der Waals surface area contributed by atoms with Crippen LogP contribution in [0.1, 0.15) is 33.6 Å². The average Bonchev–Trinajstić information content (AvgIpc) is 1.98. The third-order valence-electron chi connectivity index (χ3n) is 2.74. The number of hydrogen-bond acceptors (Lipinski definition) is 2. The molecular weight excluding hydrogens is 232 g/mol. The Morgan fingerprint density at radius 2 is 1.50 bits per heavy atom. The van der Waals surface area contributed by atoms with Gasteiger partial charge < -0.3 is 8.54 Å². The average molecular weight is 263 g/mol. The molecule has 0 aromatic rings. The zero-order chi connectivity index (χ0) is 13.0. The standard InChI is InChI=1S/C12H30O2Si2/c1-9-12(2,3)10-11-13-16(7,8)14-15(4,5)6/h9-11H2,1-8H3. The van der Waals surface area contributed by atoms with Gasteiger partial charge in [-0.25, -0.2) is 0 Å². The smallest absolute Gasteiger partial charge is 0.321 e. The monoisotopic (exact) mass is 262 g/mol. The van der Waals surface area contributed by atoms with Gasteiger partial charge in [0.15, 0.2) is 8.32 Å². The van der Waals surface area contributed by atoms with Crippen LogP contribution >= 0.6 is 0 Å². The molecule has 0 aliphatic rings. The fourth-order valence-corrected chi connectivity index (χ4v) is 8.25. The Bertz CT molecular complexity index is 208. The lowest BCUT2D eigenvalue weighted by Gasteiger charge is -2.32. The van der Waals surface area contributed by atoms with Crippen molar-refractivity contribution in [3.05, 3.63) is 0 Å². The summed E-state index contributed by atoms with van der Waals surface area (Å²) >= 11 is 0. The predicted octanol–water partition coefficient (Wildman–Crippen LogP) is 4.38. The zero-order valence-electron chi connectivity index (χ0n) is 12.4. The Hall–Kier alpha value is 0.354. The molecule has 0 N–H and O–H groups in total. The molecule has 98 valence electrons. The van der Waals surface area contributed by atoms with Gasteiger partial charge in [-0.2, -0.15) is 0 Å². The molecule has 0 saturated heterocycles. The molecule has 0 fully saturated rings. The molecule has 0 unspecified atom stereocenters. The number of hydrogen-bond donors (Lipinski definition) is 0. The van der Waals surface area contributed by atoms with Gasteiger partial charge in [0, 0.05) is 6.61 Å². The summed E-state index contributed by atoms with van der Waals surface area (Å²) in [6.45, 7) is 18.7. The van der Waals surface area contributed by atoms with E-state index in [1.54, 1.807) is 0 Å². The van der Waals surface area contributed by atoms with Gasteiger partial charge in [0.05, 0.1) is 0 Å². The van der Waals surface area contributed by atoms with Crippen molar-refractivity contribution in [2.45, 2.75) is 66.3 Å². The van der Waals surface area contributed by atoms with Crippen LogP contribution in [0.2, 0.25) is 32.7 Å². The van der Waals surface area contributed by atoms with E-state index >= 15 is 0 Å². The van der Waals surface area contributed by atoms with Crippen LogP contribution in [0.5, 0.6) is 0 Å². The predicted molar refractivity (Wildman–Crippen MR) is 76.6 cm³/mol. The molecule has 0 aliphatic carbocycles. The van der Waals surface area contributed by atoms with E-state index < -0.39 is 16.9 Å². The summed E-state index contributed by atoms with van der Waals surface area (Å²) < 4.78 is 12.1. The third kappa shape index (κ3) is 8.50. The van der Waals surface area contributed by atoms with Crippen molar-refractivity contribution in [2.24, 2.45) is 5.41 Å². The van der Waals surface area contributed by atoms with Crippen molar-refractivity contribution >= 4 is 16.9 Å². The van der Waals surface area contributed by atoms with Gasteiger partial charge in [-0.15, -0.1) is 0 Å². The minimum Gasteiger partial charge on any atom is -0.436 e. The van der Waals surface area contributed by atoms with Gasteiger partial charge in [0.2, 0.25) is 0 Å². The van der Waals surface area contributed by atoms with E-state index in [0.717, 1.165) is 13.0 Å². The topological polar surface area (TPSA) is 18.5 Å². The molecule has 0 saturated carbocycles. The summed E-state index contributed by atoms with van der Waals surface area (Å²) in [7, 11) is -3.35. The van der Waals surface area contributed by atoms with E-state index in [0.29, 0.717) is 5.41 Å². The van der Waals surface area contributed by atoms with Crippen LogP contribution in [-0.2, 0) is 8.54 Å². The highest BCUT2D eigenvalue weighted by atomic mass is 28.4. The van der Waals surface area contributed by atoms with Crippen LogP contribution in [0.25, 0.3) is 0 Å². The van der Waals surface area contributed by atoms with Crippen LogP contribution in [0.3, 0.4) is 0 Å². The Kier molecular flexibility index (Phi) is 5.93. The third-order valence-corrected chi connectivity index (χ3v) is 8.05. The van der Waals surface area contributed by atoms with Crippen molar-refractivity contribution in [3.63, 3.8) is 0 Å². The molecule has 16 heavy (non-hydrogen) atoms. The molecule has 0 spiro atoms. The molecule has 4 heteroatoms. The molecule has 0 aromatic carbocycles. The summed E-state index contributed by atoms with van der Waals surface area (Å²) in [5, 5.41) is 0. The fourth-order valence-electron chi connectivity index (χ4n) is 1.52. The van der Waals surface area contributed by atoms with Gasteiger partial charge in [-0.3, -0.25) is 0 Å². The molecule has 0 aliphatic heterocycles. The maximum atomic E-state index is 6.13. The van der Waals surface area contributed by atoms with Gasteiger partial charge >= 0.3 is 8.56 Å². The van der Waals surface area contributed by atoms with Crippen molar-refractivity contribution in [1.82, 2.24) is 0 Å². The molecule has 0 rings (SSSR count). The molecule has 2 nitrogen and oxygen atoms in total. The molecule has 0 radical (unpaired) electrons. The van der Waals surface area contributed by atoms with E-state index in [-0.39, 0.29) is 0 Å². The molecule has 0 amide bonds. The quantitative estimate of drug-likeness (QED) is 0.634. The Morgan fingerprint density at radius 1 is 1.00 bits per heavy atom. The minimum atomic E-state index is -1.89. The highest BCUT2D eigenvalue weighted by Crippen LogP contribution is 2.25. The lowest BCUT2D eigenvalue weighted by atomic mass is 9.87. The summed E-state index contributed by atoms with van der Waals surface area (Å²) in [5.74, 6) is 0. The van der Waals surface area contributed by atoms with Crippen molar-refractivity contribution in [1.29, 1.82) is 0 Å². The highest BCUT2D eigenvalue weighted by molar-refractivity contribution is 6.81. The summed E-state index contributed by atoms with van der Waals surface area (Å²) in [6, 6.07) is 0. The molecule has 0 heterocycles. The minimum absolute atomic E-state index is 0.393. The van der Waals surface area contributed by atoms with Crippen LogP contribution in [-0.4, -0.2) is 23.5 Å². The van der Waals surface area contributed by atoms with Crippen LogP contribution in [0.15, 0.2) is 0 Å². The van der Waals surface area contributed by atoms with Gasteiger partial charge in [0.25, 0.3) is 0 Å². The van der Waals surface area contributed by atoms with E-state index in [1.807, 2.05) is 0 Å². The normalized spacial score (nSPS) is 14.2. The first-order chi connectivity index (χ1) is 6.97. The molecule has 0 bridgehead atoms. The highest BCUT2D eigenvalue weighted by Gasteiger charge is 2.31. The van der Waals surface area contributed by atoms with E-state index in [2.05, 4.69) is 53.5 Å². The van der Waals surface area contributed by atoms with Crippen LogP contribution in [0, 0.1) is 5.41 Å². The van der Waals surface area contributed by atoms with Gasteiger partial charge in [-0.1, -0.05) is 27.2 Å². The summed E-state index contributed by atoms with van der Waals surface area (Å²) in [5.41, 5.74) is 0.393. The van der Waals surface area contributed by atoms with Crippen LogP contribution in [0.4, 0.5) is 0 Å². The second-order valence-electron chi connectivity index (χ2n) is 6.73. The SMILES string of the molecule is CCC(C)(C)CCO[Si](C)(C)O[Si](C)(C)C. The Balaban J connectivity index is 4.01. The molecule has 0 atom stereocenters. The second-order valence-corrected chi connectivity index (χ2v) is 14.9. The Morgan fingerprint density at radius 3 is 1.88 bits per heavy atom. The fraction of sp³-hybridized carbons (Fsp3) is 1.00. The van der Waals surface area contributed by atoms with E-state index in [4.69, 9.17) is 8.54 Å². The first-order valence-corrected chi connectivity index (χ1v) is 12.5. The maximum Gasteiger partial charge on any atom is 0.321 e.